The number of amides is 1. The van der Waals surface area contributed by atoms with E-state index in [0.29, 0.717) is 17.6 Å². The van der Waals surface area contributed by atoms with E-state index in [4.69, 9.17) is 9.72 Å². The molecule has 2 aliphatic rings. The Bertz CT molecular complexity index is 1190. The molecule has 0 unspecified atom stereocenters. The van der Waals surface area contributed by atoms with Crippen LogP contribution < -0.4 is 4.74 Å². The van der Waals surface area contributed by atoms with E-state index >= 15 is 0 Å². The zero-order valence-electron chi connectivity index (χ0n) is 19.7. The molecule has 33 heavy (non-hydrogen) atoms. The van der Waals surface area contributed by atoms with Gasteiger partial charge in [-0.15, -0.1) is 0 Å². The Morgan fingerprint density at radius 2 is 1.82 bits per heavy atom. The average Bonchev–Trinajstić information content (AvgIpc) is 3.23. The molecule has 0 atom stereocenters. The molecule has 0 N–H and O–H groups in total. The number of rotatable bonds is 4. The molecule has 2 aromatic heterocycles. The third-order valence-electron chi connectivity index (χ3n) is 6.84. The van der Waals surface area contributed by atoms with Crippen LogP contribution in [0.1, 0.15) is 41.0 Å². The van der Waals surface area contributed by atoms with Crippen LogP contribution in [0.25, 0.3) is 17.2 Å². The lowest BCUT2D eigenvalue weighted by Crippen LogP contribution is -2.50. The van der Waals surface area contributed by atoms with E-state index in [1.165, 1.54) is 5.56 Å². The van der Waals surface area contributed by atoms with E-state index in [1.54, 1.807) is 18.0 Å². The summed E-state index contributed by atoms with van der Waals surface area (Å²) in [5, 5.41) is 4.49. The quantitative estimate of drug-likeness (QED) is 0.613. The molecule has 3 heterocycles. The highest BCUT2D eigenvalue weighted by molar-refractivity contribution is 5.95. The van der Waals surface area contributed by atoms with Gasteiger partial charge in [0.2, 0.25) is 0 Å². The van der Waals surface area contributed by atoms with Crippen molar-refractivity contribution in [2.24, 2.45) is 0 Å². The Balaban J connectivity index is 1.42. The first-order chi connectivity index (χ1) is 16.0. The summed E-state index contributed by atoms with van der Waals surface area (Å²) in [5.74, 6) is 1.36. The number of aromatic nitrogens is 4. The van der Waals surface area contributed by atoms with Gasteiger partial charge in [0, 0.05) is 44.0 Å². The lowest BCUT2D eigenvalue weighted by molar-refractivity contribution is 0.0595. The second-order valence-electron chi connectivity index (χ2n) is 9.04. The minimum absolute atomic E-state index is 0.0255. The van der Waals surface area contributed by atoms with E-state index in [2.05, 4.69) is 41.0 Å². The average molecular weight is 447 g/mol. The molecule has 3 aromatic rings. The fourth-order valence-corrected chi connectivity index (χ4v) is 4.75. The smallest absolute Gasteiger partial charge is 0.257 e. The summed E-state index contributed by atoms with van der Waals surface area (Å²) in [4.78, 5) is 27.0. The molecular weight excluding hydrogens is 416 g/mol. The minimum atomic E-state index is 0.0255. The maximum Gasteiger partial charge on any atom is 0.257 e. The van der Waals surface area contributed by atoms with Crippen LogP contribution in [-0.2, 0) is 12.8 Å². The molecule has 1 aliphatic heterocycles. The zero-order chi connectivity index (χ0) is 23.1. The lowest BCUT2D eigenvalue weighted by atomic mass is 9.90. The van der Waals surface area contributed by atoms with Crippen molar-refractivity contribution in [3.8, 4) is 23.0 Å². The van der Waals surface area contributed by atoms with Gasteiger partial charge in [0.15, 0.2) is 0 Å². The summed E-state index contributed by atoms with van der Waals surface area (Å²) >= 11 is 0. The number of carbonyl (C=O) groups is 1. The van der Waals surface area contributed by atoms with Crippen molar-refractivity contribution in [1.29, 1.82) is 0 Å². The second-order valence-corrected chi connectivity index (χ2v) is 9.04. The highest BCUT2D eigenvalue weighted by atomic mass is 16.5. The van der Waals surface area contributed by atoms with E-state index in [-0.39, 0.29) is 5.91 Å². The van der Waals surface area contributed by atoms with Gasteiger partial charge in [-0.25, -0.2) is 14.6 Å². The summed E-state index contributed by atoms with van der Waals surface area (Å²) in [6, 6.07) is 6.60. The molecule has 0 spiro atoms. The fraction of sp³-hybridized carbons (Fsp3) is 0.440. The molecule has 0 saturated carbocycles. The van der Waals surface area contributed by atoms with Crippen LogP contribution in [-0.4, -0.2) is 74.8 Å². The maximum absolute atomic E-state index is 13.2. The summed E-state index contributed by atoms with van der Waals surface area (Å²) in [7, 11) is 1.68. The van der Waals surface area contributed by atoms with Crippen molar-refractivity contribution in [1.82, 2.24) is 29.5 Å². The Kier molecular flexibility index (Phi) is 5.62. The maximum atomic E-state index is 13.2. The first-order valence-electron chi connectivity index (χ1n) is 11.6. The molecule has 1 aromatic carbocycles. The van der Waals surface area contributed by atoms with Crippen LogP contribution in [0.15, 0.2) is 30.6 Å². The van der Waals surface area contributed by atoms with Crippen LogP contribution in [0.4, 0.5) is 0 Å². The molecule has 8 nitrogen and oxygen atoms in total. The summed E-state index contributed by atoms with van der Waals surface area (Å²) < 4.78 is 7.06. The Labute approximate surface area is 194 Å². The van der Waals surface area contributed by atoms with Crippen LogP contribution >= 0.6 is 0 Å². The lowest BCUT2D eigenvalue weighted by Gasteiger charge is -2.36. The number of piperazine rings is 1. The third kappa shape index (κ3) is 3.88. The van der Waals surface area contributed by atoms with E-state index in [0.717, 1.165) is 67.3 Å². The first-order valence-corrected chi connectivity index (χ1v) is 11.6. The van der Waals surface area contributed by atoms with Gasteiger partial charge in [-0.1, -0.05) is 0 Å². The largest absolute Gasteiger partial charge is 0.497 e. The van der Waals surface area contributed by atoms with Crippen LogP contribution in [0, 0.1) is 6.92 Å². The van der Waals surface area contributed by atoms with Gasteiger partial charge in [0.25, 0.3) is 11.9 Å². The molecule has 0 bridgehead atoms. The number of benzene rings is 1. The van der Waals surface area contributed by atoms with Crippen molar-refractivity contribution in [3.05, 3.63) is 53.0 Å². The van der Waals surface area contributed by atoms with E-state index in [9.17, 15) is 4.79 Å². The van der Waals surface area contributed by atoms with Gasteiger partial charge in [-0.05, 0) is 62.9 Å². The summed E-state index contributed by atoms with van der Waals surface area (Å²) in [5.41, 5.74) is 5.75. The van der Waals surface area contributed by atoms with Gasteiger partial charge in [0.05, 0.1) is 30.3 Å². The zero-order valence-corrected chi connectivity index (χ0v) is 19.7. The van der Waals surface area contributed by atoms with Gasteiger partial charge in [-0.2, -0.15) is 5.10 Å². The molecule has 0 radical (unpaired) electrons. The SMILES string of the molecule is COc1ccc2c(c1)CCc1cnc(-n3ncc(C(=O)N4CCN(C(C)C)CC4)c3C)nc1-2. The summed E-state index contributed by atoms with van der Waals surface area (Å²) in [6.07, 6.45) is 5.36. The normalized spacial score (nSPS) is 16.0. The van der Waals surface area contributed by atoms with Gasteiger partial charge >= 0.3 is 0 Å². The molecule has 1 aliphatic carbocycles. The topological polar surface area (TPSA) is 76.4 Å². The molecule has 1 fully saturated rings. The monoisotopic (exact) mass is 446 g/mol. The predicted octanol–water partition coefficient (Wildman–Crippen LogP) is 2.91. The standard InChI is InChI=1S/C25H30N6O2/c1-16(2)29-9-11-30(12-10-29)24(32)22-15-27-31(17(22)3)25-26-14-19-6-5-18-13-20(33-4)7-8-21(18)23(19)28-25/h7-8,13-16H,5-6,9-12H2,1-4H3. The van der Waals surface area contributed by atoms with E-state index < -0.39 is 0 Å². The number of aryl methyl sites for hydroxylation is 2. The third-order valence-corrected chi connectivity index (χ3v) is 6.84. The van der Waals surface area contributed by atoms with Crippen molar-refractivity contribution in [2.45, 2.75) is 39.7 Å². The number of carbonyl (C=O) groups excluding carboxylic acids is 1. The molecule has 1 amide bonds. The van der Waals surface area contributed by atoms with Gasteiger partial charge < -0.3 is 9.64 Å². The highest BCUT2D eigenvalue weighted by Crippen LogP contribution is 2.34. The number of ether oxygens (including phenoxy) is 1. The van der Waals surface area contributed by atoms with Crippen LogP contribution in [0.2, 0.25) is 0 Å². The Morgan fingerprint density at radius 1 is 1.06 bits per heavy atom. The van der Waals surface area contributed by atoms with Gasteiger partial charge in [-0.3, -0.25) is 9.69 Å². The minimum Gasteiger partial charge on any atom is -0.497 e. The van der Waals surface area contributed by atoms with Crippen molar-refractivity contribution in [2.75, 3.05) is 33.3 Å². The highest BCUT2D eigenvalue weighted by Gasteiger charge is 2.27. The van der Waals surface area contributed by atoms with Crippen molar-refractivity contribution in [3.63, 3.8) is 0 Å². The first kappa shape index (κ1) is 21.6. The number of methoxy groups -OCH3 is 1. The summed E-state index contributed by atoms with van der Waals surface area (Å²) in [6.45, 7) is 9.56. The molecule has 172 valence electrons. The Morgan fingerprint density at radius 3 is 2.55 bits per heavy atom. The number of nitrogens with zero attached hydrogens (tertiary/aromatic N) is 6. The number of hydrogen-bond acceptors (Lipinski definition) is 6. The van der Waals surface area contributed by atoms with Crippen LogP contribution in [0.3, 0.4) is 0 Å². The van der Waals surface area contributed by atoms with Crippen molar-refractivity contribution < 1.29 is 9.53 Å². The second kappa shape index (κ2) is 8.59. The molecule has 5 rings (SSSR count). The molecule has 1 saturated heterocycles. The number of fused-ring (bicyclic) bond motifs is 3. The van der Waals surface area contributed by atoms with E-state index in [1.807, 2.05) is 24.1 Å². The van der Waals surface area contributed by atoms with Crippen molar-refractivity contribution >= 4 is 5.91 Å². The predicted molar refractivity (Wildman–Crippen MR) is 126 cm³/mol. The molecular formula is C25H30N6O2. The molecule has 8 heteroatoms. The Hall–Kier alpha value is -3.26. The van der Waals surface area contributed by atoms with Crippen LogP contribution in [0.5, 0.6) is 5.75 Å². The van der Waals surface area contributed by atoms with Gasteiger partial charge in [0.1, 0.15) is 5.75 Å². The number of hydrogen-bond donors (Lipinski definition) is 0. The fourth-order valence-electron chi connectivity index (χ4n) is 4.75.